The van der Waals surface area contributed by atoms with Crippen LogP contribution in [0.4, 0.5) is 5.69 Å². The maximum atomic E-state index is 13.4. The van der Waals surface area contributed by atoms with Crippen molar-refractivity contribution in [2.45, 2.75) is 6.42 Å². The number of imidazole rings is 1. The molecule has 4 heterocycles. The van der Waals surface area contributed by atoms with Gasteiger partial charge in [-0.05, 0) is 37.2 Å². The number of hydrogen-bond acceptors (Lipinski definition) is 4. The van der Waals surface area contributed by atoms with Gasteiger partial charge in [-0.3, -0.25) is 14.0 Å². The second-order valence-electron chi connectivity index (χ2n) is 7.67. The Balaban J connectivity index is 1.53. The Morgan fingerprint density at radius 2 is 1.66 bits per heavy atom. The number of fused-ring (bicyclic) bond motifs is 2. The number of benzene rings is 1. The van der Waals surface area contributed by atoms with Crippen LogP contribution in [0.25, 0.3) is 5.52 Å². The molecule has 2 aliphatic heterocycles. The van der Waals surface area contributed by atoms with Crippen molar-refractivity contribution in [2.75, 3.05) is 44.7 Å². The first-order valence-corrected chi connectivity index (χ1v) is 9.98. The summed E-state index contributed by atoms with van der Waals surface area (Å²) in [6, 6.07) is 13.5. The van der Waals surface area contributed by atoms with Gasteiger partial charge in [-0.1, -0.05) is 24.3 Å². The highest BCUT2D eigenvalue weighted by molar-refractivity contribution is 6.08. The Bertz CT molecular complexity index is 1100. The second kappa shape index (κ2) is 7.00. The molecular weight excluding hydrogens is 366 g/mol. The monoisotopic (exact) mass is 389 g/mol. The van der Waals surface area contributed by atoms with E-state index in [1.807, 2.05) is 41.3 Å². The van der Waals surface area contributed by atoms with E-state index in [1.54, 1.807) is 15.5 Å². The predicted molar refractivity (Wildman–Crippen MR) is 110 cm³/mol. The van der Waals surface area contributed by atoms with Gasteiger partial charge in [0.05, 0.1) is 5.52 Å². The zero-order valence-electron chi connectivity index (χ0n) is 16.4. The summed E-state index contributed by atoms with van der Waals surface area (Å²) < 4.78 is 1.74. The highest BCUT2D eigenvalue weighted by Gasteiger charge is 2.31. The Morgan fingerprint density at radius 3 is 2.48 bits per heavy atom. The fourth-order valence-corrected chi connectivity index (χ4v) is 4.18. The summed E-state index contributed by atoms with van der Waals surface area (Å²) in [5.41, 5.74) is 3.12. The molecule has 2 aromatic heterocycles. The summed E-state index contributed by atoms with van der Waals surface area (Å²) in [5.74, 6) is 0.00558. The number of nitrogens with zero attached hydrogens (tertiary/aromatic N) is 5. The average molecular weight is 389 g/mol. The minimum Gasteiger partial charge on any atom is -0.335 e. The van der Waals surface area contributed by atoms with Gasteiger partial charge >= 0.3 is 0 Å². The Hall–Kier alpha value is -3.19. The van der Waals surface area contributed by atoms with Crippen molar-refractivity contribution in [3.05, 3.63) is 65.7 Å². The lowest BCUT2D eigenvalue weighted by molar-refractivity contribution is 0.0661. The lowest BCUT2D eigenvalue weighted by atomic mass is 10.2. The number of rotatable bonds is 2. The van der Waals surface area contributed by atoms with E-state index in [4.69, 9.17) is 0 Å². The van der Waals surface area contributed by atoms with E-state index in [0.717, 1.165) is 30.8 Å². The van der Waals surface area contributed by atoms with Gasteiger partial charge in [-0.2, -0.15) is 0 Å². The number of hydrogen-bond donors (Lipinski definition) is 0. The number of anilines is 1. The fourth-order valence-electron chi connectivity index (χ4n) is 4.18. The van der Waals surface area contributed by atoms with Crippen LogP contribution in [0, 0.1) is 0 Å². The maximum absolute atomic E-state index is 13.4. The van der Waals surface area contributed by atoms with E-state index in [0.29, 0.717) is 30.8 Å². The molecule has 2 aliphatic rings. The summed E-state index contributed by atoms with van der Waals surface area (Å²) >= 11 is 0. The Morgan fingerprint density at radius 1 is 0.897 bits per heavy atom. The summed E-state index contributed by atoms with van der Waals surface area (Å²) in [7, 11) is 2.05. The smallest absolute Gasteiger partial charge is 0.294 e. The number of carbonyl (C=O) groups excluding carboxylic acids is 2. The van der Waals surface area contributed by atoms with Crippen LogP contribution in [0.2, 0.25) is 0 Å². The van der Waals surface area contributed by atoms with Crippen molar-refractivity contribution in [1.82, 2.24) is 19.2 Å². The van der Waals surface area contributed by atoms with Gasteiger partial charge in [0.2, 0.25) is 5.82 Å². The topological polar surface area (TPSA) is 61.2 Å². The van der Waals surface area contributed by atoms with E-state index in [2.05, 4.69) is 23.0 Å². The molecule has 0 saturated carbocycles. The zero-order chi connectivity index (χ0) is 20.0. The SMILES string of the molecule is CN1CCN(C(=O)c2nc(C(=O)N3CCc4ccccc43)n3ccccc23)CC1. The van der Waals surface area contributed by atoms with Crippen molar-refractivity contribution in [3.63, 3.8) is 0 Å². The number of pyridine rings is 1. The third kappa shape index (κ3) is 2.98. The summed E-state index contributed by atoms with van der Waals surface area (Å²) in [5, 5.41) is 0. The van der Waals surface area contributed by atoms with Gasteiger partial charge in [-0.25, -0.2) is 4.98 Å². The molecule has 3 aromatic rings. The molecule has 29 heavy (non-hydrogen) atoms. The number of piperazine rings is 1. The van der Waals surface area contributed by atoms with Crippen LogP contribution in [0.3, 0.4) is 0 Å². The molecule has 5 rings (SSSR count). The van der Waals surface area contributed by atoms with Crippen LogP contribution in [0.5, 0.6) is 0 Å². The van der Waals surface area contributed by atoms with E-state index in [9.17, 15) is 9.59 Å². The molecule has 0 bridgehead atoms. The maximum Gasteiger partial charge on any atom is 0.294 e. The van der Waals surface area contributed by atoms with Crippen molar-refractivity contribution in [3.8, 4) is 0 Å². The number of para-hydroxylation sites is 1. The summed E-state index contributed by atoms with van der Waals surface area (Å²) in [6.45, 7) is 3.65. The minimum absolute atomic E-state index is 0.109. The molecule has 1 aromatic carbocycles. The molecule has 7 heteroatoms. The Labute approximate surface area is 169 Å². The largest absolute Gasteiger partial charge is 0.335 e. The summed E-state index contributed by atoms with van der Waals surface area (Å²) in [4.78, 5) is 36.9. The first-order chi connectivity index (χ1) is 14.1. The minimum atomic E-state index is -0.173. The number of amides is 2. The van der Waals surface area contributed by atoms with Crippen LogP contribution in [-0.4, -0.2) is 70.8 Å². The van der Waals surface area contributed by atoms with E-state index in [1.165, 1.54) is 0 Å². The molecule has 0 radical (unpaired) electrons. The highest BCUT2D eigenvalue weighted by atomic mass is 16.2. The molecule has 1 fully saturated rings. The number of likely N-dealkylation sites (N-methyl/N-ethyl adjacent to an activating group) is 1. The second-order valence-corrected chi connectivity index (χ2v) is 7.67. The predicted octanol–water partition coefficient (Wildman–Crippen LogP) is 1.92. The fraction of sp³-hybridized carbons (Fsp3) is 0.318. The first-order valence-electron chi connectivity index (χ1n) is 9.98. The van der Waals surface area contributed by atoms with Crippen LogP contribution < -0.4 is 4.90 Å². The van der Waals surface area contributed by atoms with E-state index in [-0.39, 0.29) is 17.6 Å². The lowest BCUT2D eigenvalue weighted by Gasteiger charge is -2.32. The van der Waals surface area contributed by atoms with E-state index >= 15 is 0 Å². The molecule has 2 amide bonds. The first kappa shape index (κ1) is 17.9. The van der Waals surface area contributed by atoms with Crippen molar-refractivity contribution >= 4 is 23.0 Å². The third-order valence-electron chi connectivity index (χ3n) is 5.87. The van der Waals surface area contributed by atoms with Crippen LogP contribution in [0.1, 0.15) is 26.7 Å². The number of carbonyl (C=O) groups is 2. The van der Waals surface area contributed by atoms with Crippen molar-refractivity contribution in [1.29, 1.82) is 0 Å². The third-order valence-corrected chi connectivity index (χ3v) is 5.87. The van der Waals surface area contributed by atoms with Gasteiger partial charge in [0.15, 0.2) is 5.69 Å². The highest BCUT2D eigenvalue weighted by Crippen LogP contribution is 2.29. The molecule has 1 saturated heterocycles. The van der Waals surface area contributed by atoms with Crippen LogP contribution in [0.15, 0.2) is 48.7 Å². The van der Waals surface area contributed by atoms with E-state index < -0.39 is 0 Å². The molecule has 0 atom stereocenters. The van der Waals surface area contributed by atoms with Gasteiger partial charge < -0.3 is 14.7 Å². The molecular formula is C22H23N5O2. The van der Waals surface area contributed by atoms with Gasteiger partial charge in [0.1, 0.15) is 0 Å². The zero-order valence-corrected chi connectivity index (χ0v) is 16.4. The Kier molecular flexibility index (Phi) is 4.32. The molecule has 0 unspecified atom stereocenters. The molecule has 0 aliphatic carbocycles. The van der Waals surface area contributed by atoms with Gasteiger partial charge in [0, 0.05) is 44.6 Å². The quantitative estimate of drug-likeness (QED) is 0.672. The standard InChI is InChI=1S/C22H23N5O2/c1-24-12-14-25(15-13-24)21(28)19-18-8-4-5-10-26(18)20(23-19)22(29)27-11-9-16-6-2-3-7-17(16)27/h2-8,10H,9,11-15H2,1H3. The van der Waals surface area contributed by atoms with Crippen LogP contribution in [-0.2, 0) is 6.42 Å². The van der Waals surface area contributed by atoms with Crippen molar-refractivity contribution in [2.24, 2.45) is 0 Å². The molecule has 0 spiro atoms. The average Bonchev–Trinajstić information content (AvgIpc) is 3.35. The molecule has 148 valence electrons. The normalized spacial score (nSPS) is 17.0. The van der Waals surface area contributed by atoms with Gasteiger partial charge in [0.25, 0.3) is 11.8 Å². The molecule has 7 nitrogen and oxygen atoms in total. The molecule has 0 N–H and O–H groups in total. The number of aromatic nitrogens is 2. The van der Waals surface area contributed by atoms with Crippen LogP contribution >= 0.6 is 0 Å². The van der Waals surface area contributed by atoms with Crippen molar-refractivity contribution < 1.29 is 9.59 Å². The summed E-state index contributed by atoms with van der Waals surface area (Å²) in [6.07, 6.45) is 2.64. The lowest BCUT2D eigenvalue weighted by Crippen LogP contribution is -2.47. The van der Waals surface area contributed by atoms with Gasteiger partial charge in [-0.15, -0.1) is 0 Å².